The van der Waals surface area contributed by atoms with Crippen LogP contribution in [0.3, 0.4) is 0 Å². The van der Waals surface area contributed by atoms with Gasteiger partial charge in [0.15, 0.2) is 17.3 Å². The number of anilines is 1. The standard InChI is InChI=1S/C18H14BrN5O3S/c1-26-13-8-5-11(9-14(13)27-2)15-21-22-18-24(15)23-17(28-18)20-16(25)10-3-6-12(19)7-4-10/h3-9H,1-2H3,(H,20,23,25). The number of amides is 1. The maximum Gasteiger partial charge on any atom is 0.257 e. The Bertz CT molecular complexity index is 1160. The fourth-order valence-corrected chi connectivity index (χ4v) is 3.59. The van der Waals surface area contributed by atoms with Gasteiger partial charge in [-0.15, -0.1) is 15.3 Å². The Labute approximate surface area is 172 Å². The minimum Gasteiger partial charge on any atom is -0.493 e. The lowest BCUT2D eigenvalue weighted by Crippen LogP contribution is -2.11. The number of carbonyl (C=O) groups excluding carboxylic acids is 1. The lowest BCUT2D eigenvalue weighted by atomic mass is 10.2. The first kappa shape index (κ1) is 18.4. The van der Waals surface area contributed by atoms with Crippen LogP contribution < -0.4 is 14.8 Å². The van der Waals surface area contributed by atoms with Crippen LogP contribution in [0, 0.1) is 0 Å². The van der Waals surface area contributed by atoms with Crippen LogP contribution in [0.1, 0.15) is 10.4 Å². The molecule has 0 spiro atoms. The molecule has 0 radical (unpaired) electrons. The van der Waals surface area contributed by atoms with E-state index >= 15 is 0 Å². The van der Waals surface area contributed by atoms with E-state index in [1.54, 1.807) is 43.0 Å². The molecule has 0 aliphatic carbocycles. The molecule has 0 unspecified atom stereocenters. The monoisotopic (exact) mass is 459 g/mol. The van der Waals surface area contributed by atoms with E-state index in [-0.39, 0.29) is 5.91 Å². The molecular formula is C18H14BrN5O3S. The number of nitrogens with zero attached hydrogens (tertiary/aromatic N) is 4. The lowest BCUT2D eigenvalue weighted by Gasteiger charge is -2.08. The van der Waals surface area contributed by atoms with E-state index in [1.165, 1.54) is 11.3 Å². The number of nitrogens with one attached hydrogen (secondary N) is 1. The zero-order chi connectivity index (χ0) is 19.7. The first-order valence-corrected chi connectivity index (χ1v) is 9.71. The van der Waals surface area contributed by atoms with Gasteiger partial charge in [-0.2, -0.15) is 4.52 Å². The van der Waals surface area contributed by atoms with Gasteiger partial charge in [-0.25, -0.2) is 0 Å². The summed E-state index contributed by atoms with van der Waals surface area (Å²) in [6, 6.07) is 12.5. The summed E-state index contributed by atoms with van der Waals surface area (Å²) < 4.78 is 13.1. The second-order valence-electron chi connectivity index (χ2n) is 5.66. The summed E-state index contributed by atoms with van der Waals surface area (Å²) in [5.74, 6) is 1.49. The van der Waals surface area contributed by atoms with Crippen LogP contribution in [-0.4, -0.2) is 39.9 Å². The molecule has 0 saturated heterocycles. The van der Waals surface area contributed by atoms with Crippen molar-refractivity contribution in [3.05, 3.63) is 52.5 Å². The van der Waals surface area contributed by atoms with Crippen LogP contribution in [0.25, 0.3) is 16.3 Å². The summed E-state index contributed by atoms with van der Waals surface area (Å²) in [7, 11) is 3.15. The summed E-state index contributed by atoms with van der Waals surface area (Å²) in [4.78, 5) is 13.0. The van der Waals surface area contributed by atoms with E-state index in [0.29, 0.717) is 33.0 Å². The van der Waals surface area contributed by atoms with Gasteiger partial charge in [0.2, 0.25) is 10.1 Å². The van der Waals surface area contributed by atoms with Gasteiger partial charge in [-0.3, -0.25) is 10.1 Å². The second kappa shape index (κ2) is 7.56. The number of aromatic nitrogens is 4. The molecule has 2 aromatic heterocycles. The Kier molecular flexibility index (Phi) is 4.97. The fourth-order valence-electron chi connectivity index (χ4n) is 2.59. The zero-order valence-electron chi connectivity index (χ0n) is 14.8. The summed E-state index contributed by atoms with van der Waals surface area (Å²) in [6.45, 7) is 0. The second-order valence-corrected chi connectivity index (χ2v) is 7.53. The average molecular weight is 460 g/mol. The highest BCUT2D eigenvalue weighted by Crippen LogP contribution is 2.32. The van der Waals surface area contributed by atoms with E-state index in [4.69, 9.17) is 9.47 Å². The maximum atomic E-state index is 12.4. The van der Waals surface area contributed by atoms with Gasteiger partial charge in [0.25, 0.3) is 5.91 Å². The molecule has 1 N–H and O–H groups in total. The topological polar surface area (TPSA) is 90.6 Å². The quantitative estimate of drug-likeness (QED) is 0.486. The van der Waals surface area contributed by atoms with Crippen molar-refractivity contribution < 1.29 is 14.3 Å². The molecular weight excluding hydrogens is 446 g/mol. The summed E-state index contributed by atoms with van der Waals surface area (Å²) >= 11 is 4.59. The third kappa shape index (κ3) is 3.43. The van der Waals surface area contributed by atoms with Crippen molar-refractivity contribution in [3.63, 3.8) is 0 Å². The van der Waals surface area contributed by atoms with Crippen molar-refractivity contribution in [2.24, 2.45) is 0 Å². The minimum atomic E-state index is -0.245. The van der Waals surface area contributed by atoms with Crippen LogP contribution in [0.5, 0.6) is 11.5 Å². The Morgan fingerprint density at radius 3 is 2.54 bits per heavy atom. The number of halogens is 1. The molecule has 0 atom stereocenters. The smallest absolute Gasteiger partial charge is 0.257 e. The number of ether oxygens (including phenoxy) is 2. The molecule has 2 heterocycles. The molecule has 0 bridgehead atoms. The van der Waals surface area contributed by atoms with Crippen LogP contribution in [0.4, 0.5) is 5.13 Å². The fraction of sp³-hybridized carbons (Fsp3) is 0.111. The number of hydrogen-bond acceptors (Lipinski definition) is 7. The predicted octanol–water partition coefficient (Wildman–Crippen LogP) is 3.88. The van der Waals surface area contributed by atoms with Gasteiger partial charge >= 0.3 is 0 Å². The van der Waals surface area contributed by atoms with Gasteiger partial charge in [0.05, 0.1) is 14.2 Å². The number of methoxy groups -OCH3 is 2. The number of hydrogen-bond donors (Lipinski definition) is 1. The first-order valence-electron chi connectivity index (χ1n) is 8.10. The van der Waals surface area contributed by atoms with Crippen molar-refractivity contribution in [1.29, 1.82) is 0 Å². The van der Waals surface area contributed by atoms with Crippen molar-refractivity contribution >= 4 is 43.3 Å². The van der Waals surface area contributed by atoms with Gasteiger partial charge in [0, 0.05) is 15.6 Å². The van der Waals surface area contributed by atoms with Crippen molar-refractivity contribution in [1.82, 2.24) is 19.8 Å². The van der Waals surface area contributed by atoms with E-state index in [0.717, 1.165) is 10.0 Å². The van der Waals surface area contributed by atoms with Gasteiger partial charge in [0.1, 0.15) is 0 Å². The Morgan fingerprint density at radius 1 is 1.07 bits per heavy atom. The van der Waals surface area contributed by atoms with Crippen molar-refractivity contribution in [2.45, 2.75) is 0 Å². The Hall–Kier alpha value is -2.98. The molecule has 8 nitrogen and oxygen atoms in total. The molecule has 4 rings (SSSR count). The SMILES string of the molecule is COc1ccc(-c2nnc3sc(NC(=O)c4ccc(Br)cc4)nn23)cc1OC. The van der Waals surface area contributed by atoms with E-state index < -0.39 is 0 Å². The van der Waals surface area contributed by atoms with Crippen molar-refractivity contribution in [2.75, 3.05) is 19.5 Å². The molecule has 0 aliphatic rings. The summed E-state index contributed by atoms with van der Waals surface area (Å²) in [5, 5.41) is 16.0. The largest absolute Gasteiger partial charge is 0.493 e. The Morgan fingerprint density at radius 2 is 1.82 bits per heavy atom. The third-order valence-corrected chi connectivity index (χ3v) is 5.30. The molecule has 4 aromatic rings. The molecule has 28 heavy (non-hydrogen) atoms. The molecule has 142 valence electrons. The van der Waals surface area contributed by atoms with E-state index in [9.17, 15) is 4.79 Å². The number of fused-ring (bicyclic) bond motifs is 1. The molecule has 2 aromatic carbocycles. The molecule has 10 heteroatoms. The van der Waals surface area contributed by atoms with Crippen molar-refractivity contribution in [3.8, 4) is 22.9 Å². The number of rotatable bonds is 5. The zero-order valence-corrected chi connectivity index (χ0v) is 17.2. The third-order valence-electron chi connectivity index (χ3n) is 3.96. The normalized spacial score (nSPS) is 10.8. The van der Waals surface area contributed by atoms with E-state index in [2.05, 4.69) is 36.5 Å². The van der Waals surface area contributed by atoms with Gasteiger partial charge in [-0.05, 0) is 42.5 Å². The highest BCUT2D eigenvalue weighted by Gasteiger charge is 2.17. The van der Waals surface area contributed by atoms with Crippen LogP contribution in [-0.2, 0) is 0 Å². The van der Waals surface area contributed by atoms with Gasteiger partial charge in [-0.1, -0.05) is 27.3 Å². The Balaban J connectivity index is 1.64. The lowest BCUT2D eigenvalue weighted by molar-refractivity contribution is 0.102. The molecule has 0 fully saturated rings. The molecule has 0 aliphatic heterocycles. The van der Waals surface area contributed by atoms with Crippen LogP contribution >= 0.6 is 27.3 Å². The summed E-state index contributed by atoms with van der Waals surface area (Å²) in [6.07, 6.45) is 0. The predicted molar refractivity (Wildman–Crippen MR) is 109 cm³/mol. The molecule has 1 amide bonds. The van der Waals surface area contributed by atoms with E-state index in [1.807, 2.05) is 18.2 Å². The molecule has 0 saturated carbocycles. The number of benzene rings is 2. The highest BCUT2D eigenvalue weighted by atomic mass is 79.9. The average Bonchev–Trinajstić information content (AvgIpc) is 3.28. The summed E-state index contributed by atoms with van der Waals surface area (Å²) in [5.41, 5.74) is 1.30. The van der Waals surface area contributed by atoms with Crippen LogP contribution in [0.2, 0.25) is 0 Å². The number of carbonyl (C=O) groups is 1. The first-order chi connectivity index (χ1) is 13.6. The maximum absolute atomic E-state index is 12.4. The minimum absolute atomic E-state index is 0.245. The van der Waals surface area contributed by atoms with Crippen LogP contribution in [0.15, 0.2) is 46.9 Å². The van der Waals surface area contributed by atoms with Gasteiger partial charge < -0.3 is 9.47 Å². The highest BCUT2D eigenvalue weighted by molar-refractivity contribution is 9.10.